The number of carboxylic acids is 1. The predicted molar refractivity (Wildman–Crippen MR) is 101 cm³/mol. The first-order valence-electron chi connectivity index (χ1n) is 9.41. The summed E-state index contributed by atoms with van der Waals surface area (Å²) in [5.74, 6) is -0.676. The van der Waals surface area contributed by atoms with Crippen LogP contribution in [0, 0.1) is 0 Å². The highest BCUT2D eigenvalue weighted by Crippen LogP contribution is 2.15. The summed E-state index contributed by atoms with van der Waals surface area (Å²) in [6, 6.07) is 0. The Labute approximate surface area is 144 Å². The van der Waals surface area contributed by atoms with Crippen LogP contribution in [-0.2, 0) is 9.22 Å². The molecule has 136 valence electrons. The van der Waals surface area contributed by atoms with Gasteiger partial charge in [0.2, 0.25) is 0 Å². The van der Waals surface area contributed by atoms with Gasteiger partial charge in [0.25, 0.3) is 0 Å². The second kappa shape index (κ2) is 13.8. The molecule has 0 heterocycles. The minimum Gasteiger partial charge on any atom is -0.481 e. The smallest absolute Gasteiger partial charge is 0.303 e. The second-order valence-corrected chi connectivity index (χ2v) is 11.9. The van der Waals surface area contributed by atoms with Crippen LogP contribution in [0.2, 0.25) is 19.6 Å². The molecule has 0 aromatic heterocycles. The summed E-state index contributed by atoms with van der Waals surface area (Å²) in [6.45, 7) is 9.00. The number of unbranched alkanes of at least 4 members (excludes halogenated alkanes) is 7. The summed E-state index contributed by atoms with van der Waals surface area (Å²) >= 11 is 0. The molecule has 0 aliphatic rings. The number of carboxylic acid groups (broad SMARTS) is 1. The molecule has 4 heteroatoms. The van der Waals surface area contributed by atoms with Crippen LogP contribution in [-0.4, -0.2) is 25.5 Å². The molecule has 0 saturated carbocycles. The molecule has 0 aliphatic heterocycles. The van der Waals surface area contributed by atoms with E-state index in [-0.39, 0.29) is 0 Å². The molecule has 0 aliphatic carbocycles. The van der Waals surface area contributed by atoms with Gasteiger partial charge in [0.15, 0.2) is 8.32 Å². The van der Waals surface area contributed by atoms with Crippen molar-refractivity contribution in [3.8, 4) is 0 Å². The van der Waals surface area contributed by atoms with E-state index < -0.39 is 14.3 Å². The van der Waals surface area contributed by atoms with Gasteiger partial charge in [0, 0.05) is 6.42 Å². The zero-order valence-corrected chi connectivity index (χ0v) is 16.8. The maximum atomic E-state index is 10.4. The molecule has 0 radical (unpaired) electrons. The van der Waals surface area contributed by atoms with Crippen LogP contribution in [0.5, 0.6) is 0 Å². The van der Waals surface area contributed by atoms with Gasteiger partial charge < -0.3 is 9.53 Å². The van der Waals surface area contributed by atoms with Crippen LogP contribution >= 0.6 is 0 Å². The van der Waals surface area contributed by atoms with Gasteiger partial charge in [0.1, 0.15) is 0 Å². The quantitative estimate of drug-likeness (QED) is 0.220. The molecule has 0 saturated heterocycles. The molecule has 0 bridgehead atoms. The van der Waals surface area contributed by atoms with Gasteiger partial charge in [-0.2, -0.15) is 0 Å². The van der Waals surface area contributed by atoms with E-state index in [9.17, 15) is 4.79 Å². The van der Waals surface area contributed by atoms with Crippen molar-refractivity contribution in [2.75, 3.05) is 0 Å². The lowest BCUT2D eigenvalue weighted by Gasteiger charge is -2.24. The molecule has 1 unspecified atom stereocenters. The minimum atomic E-state index is -1.48. The van der Waals surface area contributed by atoms with Crippen molar-refractivity contribution in [1.82, 2.24) is 0 Å². The second-order valence-electron chi connectivity index (χ2n) is 7.39. The molecule has 0 aromatic carbocycles. The third kappa shape index (κ3) is 17.6. The van der Waals surface area contributed by atoms with E-state index in [1.807, 2.05) is 0 Å². The van der Waals surface area contributed by atoms with Crippen molar-refractivity contribution in [2.24, 2.45) is 0 Å². The summed E-state index contributed by atoms with van der Waals surface area (Å²) in [4.78, 5) is 10.4. The number of allylic oxidation sites excluding steroid dienone is 1. The SMILES string of the molecule is CCCCCC(/C=C/CCCCCCCC(=O)O)O[Si](C)(C)C. The molecule has 0 spiro atoms. The monoisotopic (exact) mass is 342 g/mol. The first-order chi connectivity index (χ1) is 10.8. The third-order valence-electron chi connectivity index (χ3n) is 3.71. The van der Waals surface area contributed by atoms with Gasteiger partial charge in [-0.15, -0.1) is 0 Å². The van der Waals surface area contributed by atoms with Crippen LogP contribution in [0.1, 0.15) is 77.6 Å². The highest BCUT2D eigenvalue weighted by Gasteiger charge is 2.18. The number of hydrogen-bond acceptors (Lipinski definition) is 2. The highest BCUT2D eigenvalue weighted by atomic mass is 28.4. The van der Waals surface area contributed by atoms with Crippen molar-refractivity contribution in [3.63, 3.8) is 0 Å². The fraction of sp³-hybridized carbons (Fsp3) is 0.842. The van der Waals surface area contributed by atoms with E-state index in [0.29, 0.717) is 12.5 Å². The largest absolute Gasteiger partial charge is 0.481 e. The van der Waals surface area contributed by atoms with Crippen LogP contribution in [0.3, 0.4) is 0 Å². The molecular formula is C19H38O3Si. The Morgan fingerprint density at radius 3 is 2.30 bits per heavy atom. The fourth-order valence-corrected chi connectivity index (χ4v) is 3.67. The van der Waals surface area contributed by atoms with E-state index in [0.717, 1.165) is 32.1 Å². The number of carbonyl (C=O) groups is 1. The predicted octanol–water partition coefficient (Wildman–Crippen LogP) is 6.16. The lowest BCUT2D eigenvalue weighted by atomic mass is 10.1. The van der Waals surface area contributed by atoms with Gasteiger partial charge in [-0.1, -0.05) is 57.6 Å². The maximum absolute atomic E-state index is 10.4. The van der Waals surface area contributed by atoms with Crippen molar-refractivity contribution in [3.05, 3.63) is 12.2 Å². The number of aliphatic carboxylic acids is 1. The van der Waals surface area contributed by atoms with Crippen molar-refractivity contribution < 1.29 is 14.3 Å². The van der Waals surface area contributed by atoms with Crippen molar-refractivity contribution in [2.45, 2.75) is 103 Å². The van der Waals surface area contributed by atoms with E-state index in [1.54, 1.807) is 0 Å². The molecule has 0 aromatic rings. The lowest BCUT2D eigenvalue weighted by molar-refractivity contribution is -0.137. The van der Waals surface area contributed by atoms with Crippen LogP contribution < -0.4 is 0 Å². The Balaban J connectivity index is 3.84. The summed E-state index contributed by atoms with van der Waals surface area (Å²) in [6.07, 6.45) is 16.6. The summed E-state index contributed by atoms with van der Waals surface area (Å²) in [5, 5.41) is 8.58. The van der Waals surface area contributed by atoms with Gasteiger partial charge in [0.05, 0.1) is 6.10 Å². The Hall–Kier alpha value is -0.613. The van der Waals surface area contributed by atoms with E-state index in [4.69, 9.17) is 9.53 Å². The summed E-state index contributed by atoms with van der Waals surface area (Å²) < 4.78 is 6.26. The average molecular weight is 343 g/mol. The van der Waals surface area contributed by atoms with E-state index in [1.165, 1.54) is 32.1 Å². The normalized spacial score (nSPS) is 13.6. The standard InChI is InChI=1S/C19H38O3Si/c1-5-6-12-15-18(22-23(2,3)4)16-13-10-8-7-9-11-14-17-19(20)21/h13,16,18H,5-12,14-15,17H2,1-4H3,(H,20,21)/b16-13+. The Bertz CT molecular complexity index is 321. The topological polar surface area (TPSA) is 46.5 Å². The van der Waals surface area contributed by atoms with Crippen LogP contribution in [0.25, 0.3) is 0 Å². The minimum absolute atomic E-state index is 0.295. The molecule has 1 atom stereocenters. The van der Waals surface area contributed by atoms with Crippen molar-refractivity contribution in [1.29, 1.82) is 0 Å². The maximum Gasteiger partial charge on any atom is 0.303 e. The van der Waals surface area contributed by atoms with Gasteiger partial charge in [-0.3, -0.25) is 4.79 Å². The molecule has 0 fully saturated rings. The van der Waals surface area contributed by atoms with E-state index in [2.05, 4.69) is 38.7 Å². The summed E-state index contributed by atoms with van der Waals surface area (Å²) in [5.41, 5.74) is 0. The van der Waals surface area contributed by atoms with Gasteiger partial charge in [-0.05, 0) is 45.3 Å². The molecule has 3 nitrogen and oxygen atoms in total. The summed E-state index contributed by atoms with van der Waals surface area (Å²) in [7, 11) is -1.48. The highest BCUT2D eigenvalue weighted by molar-refractivity contribution is 6.69. The Morgan fingerprint density at radius 1 is 1.04 bits per heavy atom. The number of hydrogen-bond donors (Lipinski definition) is 1. The zero-order valence-electron chi connectivity index (χ0n) is 15.8. The first-order valence-corrected chi connectivity index (χ1v) is 12.8. The average Bonchev–Trinajstić information content (AvgIpc) is 2.43. The van der Waals surface area contributed by atoms with E-state index >= 15 is 0 Å². The first kappa shape index (κ1) is 22.4. The van der Waals surface area contributed by atoms with Crippen LogP contribution in [0.4, 0.5) is 0 Å². The lowest BCUT2D eigenvalue weighted by Crippen LogP contribution is -2.31. The molecule has 23 heavy (non-hydrogen) atoms. The molecule has 0 rings (SSSR count). The molecule has 1 N–H and O–H groups in total. The van der Waals surface area contributed by atoms with Crippen LogP contribution in [0.15, 0.2) is 12.2 Å². The zero-order chi connectivity index (χ0) is 17.6. The molecule has 0 amide bonds. The Kier molecular flexibility index (Phi) is 13.4. The van der Waals surface area contributed by atoms with Crippen molar-refractivity contribution >= 4 is 14.3 Å². The fourth-order valence-electron chi connectivity index (χ4n) is 2.56. The molecular weight excluding hydrogens is 304 g/mol. The third-order valence-corrected chi connectivity index (χ3v) is 4.72. The Morgan fingerprint density at radius 2 is 1.70 bits per heavy atom. The van der Waals surface area contributed by atoms with Gasteiger partial charge in [-0.25, -0.2) is 0 Å². The van der Waals surface area contributed by atoms with Gasteiger partial charge >= 0.3 is 5.97 Å². The number of rotatable bonds is 15.